The summed E-state index contributed by atoms with van der Waals surface area (Å²) in [5.74, 6) is 0. The molecule has 2 aromatic rings. The van der Waals surface area contributed by atoms with Crippen LogP contribution in [0.4, 0.5) is 10.5 Å². The predicted octanol–water partition coefficient (Wildman–Crippen LogP) is 5.31. The molecule has 0 spiro atoms. The maximum absolute atomic E-state index is 12.0. The lowest BCUT2D eigenvalue weighted by Gasteiger charge is -2.18. The number of nitrogens with one attached hydrogen (secondary N) is 2. The van der Waals surface area contributed by atoms with Gasteiger partial charge < -0.3 is 10.6 Å². The number of thiophene rings is 1. The molecular formula is C18H24N2OS2. The Kier molecular flexibility index (Phi) is 6.13. The molecule has 2 rings (SSSR count). The molecule has 1 heterocycles. The number of carbonyl (C=O) groups excluding carboxylic acids is 1. The fourth-order valence-electron chi connectivity index (χ4n) is 2.11. The zero-order valence-corrected chi connectivity index (χ0v) is 15.7. The van der Waals surface area contributed by atoms with E-state index in [2.05, 4.69) is 55.0 Å². The molecule has 0 aliphatic rings. The number of urea groups is 1. The number of thioether (sulfide) groups is 1. The topological polar surface area (TPSA) is 41.1 Å². The van der Waals surface area contributed by atoms with Crippen molar-refractivity contribution < 1.29 is 4.79 Å². The molecule has 0 radical (unpaired) electrons. The van der Waals surface area contributed by atoms with Gasteiger partial charge in [-0.15, -0.1) is 23.1 Å². The van der Waals surface area contributed by atoms with Gasteiger partial charge in [0.2, 0.25) is 0 Å². The van der Waals surface area contributed by atoms with E-state index in [-0.39, 0.29) is 10.8 Å². The molecule has 0 saturated carbocycles. The van der Waals surface area contributed by atoms with Crippen molar-refractivity contribution in [1.29, 1.82) is 0 Å². The standard InChI is InChI=1S/C18H24N2OS2/c1-13-12-15(23-18(2,3)4)7-8-16(13)20-17(21)19-10-9-14-6-5-11-22-14/h5-8,11-12H,9-10H2,1-4H3,(H2,19,20,21). The number of aryl methyl sites for hydroxylation is 1. The van der Waals surface area contributed by atoms with Gasteiger partial charge in [-0.25, -0.2) is 4.79 Å². The van der Waals surface area contributed by atoms with Crippen LogP contribution in [0.3, 0.4) is 0 Å². The monoisotopic (exact) mass is 348 g/mol. The maximum atomic E-state index is 12.0. The second kappa shape index (κ2) is 7.88. The minimum atomic E-state index is -0.152. The van der Waals surface area contributed by atoms with Crippen LogP contribution in [0.25, 0.3) is 0 Å². The molecule has 124 valence electrons. The first-order chi connectivity index (χ1) is 10.8. The number of carbonyl (C=O) groups is 1. The summed E-state index contributed by atoms with van der Waals surface area (Å²) in [6.07, 6.45) is 0.866. The summed E-state index contributed by atoms with van der Waals surface area (Å²) in [5, 5.41) is 7.88. The smallest absolute Gasteiger partial charge is 0.319 e. The molecule has 0 aliphatic carbocycles. The van der Waals surface area contributed by atoms with Crippen molar-refractivity contribution in [3.05, 3.63) is 46.2 Å². The third-order valence-electron chi connectivity index (χ3n) is 3.11. The first-order valence-electron chi connectivity index (χ1n) is 7.70. The van der Waals surface area contributed by atoms with Crippen LogP contribution < -0.4 is 10.6 Å². The van der Waals surface area contributed by atoms with E-state index in [0.717, 1.165) is 17.7 Å². The normalized spacial score (nSPS) is 11.3. The van der Waals surface area contributed by atoms with Crippen LogP contribution in [0.5, 0.6) is 0 Å². The van der Waals surface area contributed by atoms with E-state index in [1.54, 1.807) is 11.3 Å². The lowest BCUT2D eigenvalue weighted by atomic mass is 10.2. The molecule has 5 heteroatoms. The van der Waals surface area contributed by atoms with Gasteiger partial charge in [0.1, 0.15) is 0 Å². The van der Waals surface area contributed by atoms with Crippen LogP contribution >= 0.6 is 23.1 Å². The molecule has 0 atom stereocenters. The Hall–Kier alpha value is -1.46. The van der Waals surface area contributed by atoms with Crippen LogP contribution in [0, 0.1) is 6.92 Å². The van der Waals surface area contributed by atoms with E-state index in [0.29, 0.717) is 6.54 Å². The van der Waals surface area contributed by atoms with Crippen LogP contribution in [0.1, 0.15) is 31.2 Å². The SMILES string of the molecule is Cc1cc(SC(C)(C)C)ccc1NC(=O)NCCc1cccs1. The number of amides is 2. The highest BCUT2D eigenvalue weighted by atomic mass is 32.2. The number of hydrogen-bond acceptors (Lipinski definition) is 3. The summed E-state index contributed by atoms with van der Waals surface area (Å²) >= 11 is 3.54. The Bertz CT molecular complexity index is 646. The Balaban J connectivity index is 1.85. The Morgan fingerprint density at radius 3 is 2.65 bits per heavy atom. The van der Waals surface area contributed by atoms with Gasteiger partial charge in [0.25, 0.3) is 0 Å². The zero-order valence-electron chi connectivity index (χ0n) is 14.1. The second-order valence-electron chi connectivity index (χ2n) is 6.40. The van der Waals surface area contributed by atoms with E-state index in [1.807, 2.05) is 30.8 Å². The molecule has 3 nitrogen and oxygen atoms in total. The van der Waals surface area contributed by atoms with Crippen LogP contribution in [0.2, 0.25) is 0 Å². The van der Waals surface area contributed by atoms with E-state index in [4.69, 9.17) is 0 Å². The van der Waals surface area contributed by atoms with Gasteiger partial charge >= 0.3 is 6.03 Å². The molecular weight excluding hydrogens is 324 g/mol. The van der Waals surface area contributed by atoms with Crippen molar-refractivity contribution in [1.82, 2.24) is 5.32 Å². The predicted molar refractivity (Wildman–Crippen MR) is 102 cm³/mol. The van der Waals surface area contributed by atoms with E-state index < -0.39 is 0 Å². The van der Waals surface area contributed by atoms with Crippen molar-refractivity contribution in [3.8, 4) is 0 Å². The van der Waals surface area contributed by atoms with Crippen molar-refractivity contribution in [3.63, 3.8) is 0 Å². The quantitative estimate of drug-likeness (QED) is 0.719. The summed E-state index contributed by atoms with van der Waals surface area (Å²) in [5.41, 5.74) is 1.93. The van der Waals surface area contributed by atoms with Gasteiger partial charge in [-0.1, -0.05) is 26.8 Å². The first-order valence-corrected chi connectivity index (χ1v) is 9.40. The van der Waals surface area contributed by atoms with Gasteiger partial charge in [0.15, 0.2) is 0 Å². The molecule has 2 amide bonds. The van der Waals surface area contributed by atoms with Gasteiger partial charge in [-0.3, -0.25) is 0 Å². The number of benzene rings is 1. The fraction of sp³-hybridized carbons (Fsp3) is 0.389. The number of hydrogen-bond donors (Lipinski definition) is 2. The Labute approximate surface area is 146 Å². The average Bonchev–Trinajstić information content (AvgIpc) is 2.93. The summed E-state index contributed by atoms with van der Waals surface area (Å²) < 4.78 is 0.181. The molecule has 0 aliphatic heterocycles. The Morgan fingerprint density at radius 2 is 2.04 bits per heavy atom. The van der Waals surface area contributed by atoms with Gasteiger partial charge in [-0.2, -0.15) is 0 Å². The summed E-state index contributed by atoms with van der Waals surface area (Å²) in [6.45, 7) is 9.25. The van der Waals surface area contributed by atoms with E-state index >= 15 is 0 Å². The molecule has 1 aromatic carbocycles. The number of anilines is 1. The maximum Gasteiger partial charge on any atom is 0.319 e. The van der Waals surface area contributed by atoms with Gasteiger partial charge in [0.05, 0.1) is 0 Å². The third kappa shape index (κ3) is 6.28. The molecule has 0 unspecified atom stereocenters. The third-order valence-corrected chi connectivity index (χ3v) is 5.15. The summed E-state index contributed by atoms with van der Waals surface area (Å²) in [4.78, 5) is 14.5. The lowest BCUT2D eigenvalue weighted by molar-refractivity contribution is 0.252. The van der Waals surface area contributed by atoms with E-state index in [1.165, 1.54) is 9.77 Å². The minimum Gasteiger partial charge on any atom is -0.338 e. The number of rotatable bonds is 5. The first kappa shape index (κ1) is 17.9. The van der Waals surface area contributed by atoms with Crippen LogP contribution in [-0.4, -0.2) is 17.3 Å². The molecule has 0 fully saturated rings. The highest BCUT2D eigenvalue weighted by Crippen LogP contribution is 2.33. The van der Waals surface area contributed by atoms with Gasteiger partial charge in [-0.05, 0) is 48.6 Å². The Morgan fingerprint density at radius 1 is 1.26 bits per heavy atom. The summed E-state index contributed by atoms with van der Waals surface area (Å²) in [7, 11) is 0. The van der Waals surface area contributed by atoms with E-state index in [9.17, 15) is 4.79 Å². The minimum absolute atomic E-state index is 0.152. The van der Waals surface area contributed by atoms with Crippen molar-refractivity contribution in [2.24, 2.45) is 0 Å². The highest BCUT2D eigenvalue weighted by Gasteiger charge is 2.13. The lowest BCUT2D eigenvalue weighted by Crippen LogP contribution is -2.30. The molecule has 23 heavy (non-hydrogen) atoms. The molecule has 0 bridgehead atoms. The summed E-state index contributed by atoms with van der Waals surface area (Å²) in [6, 6.07) is 10.1. The van der Waals surface area contributed by atoms with Crippen LogP contribution in [0.15, 0.2) is 40.6 Å². The molecule has 2 N–H and O–H groups in total. The largest absolute Gasteiger partial charge is 0.338 e. The van der Waals surface area contributed by atoms with Crippen molar-refractivity contribution in [2.45, 2.75) is 43.8 Å². The van der Waals surface area contributed by atoms with Crippen molar-refractivity contribution in [2.75, 3.05) is 11.9 Å². The van der Waals surface area contributed by atoms with Crippen molar-refractivity contribution >= 4 is 34.8 Å². The zero-order chi connectivity index (χ0) is 16.9. The van der Waals surface area contributed by atoms with Crippen LogP contribution in [-0.2, 0) is 6.42 Å². The molecule has 1 aromatic heterocycles. The molecule has 0 saturated heterocycles. The second-order valence-corrected chi connectivity index (χ2v) is 9.33. The fourth-order valence-corrected chi connectivity index (χ4v) is 3.90. The highest BCUT2D eigenvalue weighted by molar-refractivity contribution is 8.00. The average molecular weight is 349 g/mol. The van der Waals surface area contributed by atoms with Gasteiger partial charge in [0, 0.05) is 26.8 Å².